The van der Waals surface area contributed by atoms with Crippen molar-refractivity contribution in [2.24, 2.45) is 5.73 Å². The number of pyridine rings is 1. The minimum Gasteiger partial charge on any atom is -0.494 e. The Hall–Kier alpha value is -2.93. The van der Waals surface area contributed by atoms with Crippen LogP contribution in [0.1, 0.15) is 23.2 Å². The fraction of sp³-hybridized carbons (Fsp3) is 0.235. The van der Waals surface area contributed by atoms with Crippen LogP contribution in [-0.4, -0.2) is 30.5 Å². The number of carbonyl (C=O) groups excluding carboxylic acids is 2. The lowest BCUT2D eigenvalue weighted by Crippen LogP contribution is -2.14. The average molecular weight is 328 g/mol. The molecule has 0 aliphatic carbocycles. The van der Waals surface area contributed by atoms with Gasteiger partial charge in [-0.2, -0.15) is 0 Å². The molecule has 0 unspecified atom stereocenters. The van der Waals surface area contributed by atoms with Gasteiger partial charge in [-0.3, -0.25) is 14.6 Å². The van der Waals surface area contributed by atoms with Crippen LogP contribution in [0.3, 0.4) is 0 Å². The van der Waals surface area contributed by atoms with E-state index in [1.807, 2.05) is 0 Å². The number of nitrogens with zero attached hydrogens (tertiary/aromatic N) is 1. The van der Waals surface area contributed by atoms with E-state index >= 15 is 0 Å². The van der Waals surface area contributed by atoms with Crippen LogP contribution in [-0.2, 0) is 4.79 Å². The van der Waals surface area contributed by atoms with Gasteiger partial charge in [-0.15, -0.1) is 0 Å². The van der Waals surface area contributed by atoms with Crippen molar-refractivity contribution in [2.75, 3.05) is 24.3 Å². The highest BCUT2D eigenvalue weighted by Gasteiger charge is 2.11. The highest BCUT2D eigenvalue weighted by Crippen LogP contribution is 2.28. The molecule has 2 rings (SSSR count). The lowest BCUT2D eigenvalue weighted by atomic mass is 10.2. The molecule has 0 saturated heterocycles. The van der Waals surface area contributed by atoms with Crippen LogP contribution in [0.5, 0.6) is 5.75 Å². The molecule has 1 heterocycles. The maximum absolute atomic E-state index is 12.2. The first-order valence-electron chi connectivity index (χ1n) is 7.53. The first kappa shape index (κ1) is 17.4. The standard InChI is InChI=1S/C17H20N4O3/c1-24-15-11-13(20-16(22)3-2-8-18)4-5-14(15)21-17(23)12-6-9-19-10-7-12/h4-7,9-11H,2-3,8,18H2,1H3,(H,20,22)(H,21,23). The topological polar surface area (TPSA) is 106 Å². The molecule has 7 nitrogen and oxygen atoms in total. The van der Waals surface area contributed by atoms with Crippen molar-refractivity contribution in [3.8, 4) is 5.75 Å². The molecule has 1 aromatic heterocycles. The number of nitrogens with one attached hydrogen (secondary N) is 2. The van der Waals surface area contributed by atoms with Gasteiger partial charge in [-0.25, -0.2) is 0 Å². The number of methoxy groups -OCH3 is 1. The molecule has 1 aromatic carbocycles. The van der Waals surface area contributed by atoms with Gasteiger partial charge >= 0.3 is 0 Å². The minimum absolute atomic E-state index is 0.115. The van der Waals surface area contributed by atoms with Crippen LogP contribution in [0.2, 0.25) is 0 Å². The first-order chi connectivity index (χ1) is 11.6. The summed E-state index contributed by atoms with van der Waals surface area (Å²) in [6.45, 7) is 0.469. The maximum atomic E-state index is 12.2. The van der Waals surface area contributed by atoms with Gasteiger partial charge in [0.25, 0.3) is 5.91 Å². The van der Waals surface area contributed by atoms with Crippen LogP contribution in [0.25, 0.3) is 0 Å². The van der Waals surface area contributed by atoms with E-state index in [2.05, 4.69) is 15.6 Å². The number of carbonyl (C=O) groups is 2. The fourth-order valence-electron chi connectivity index (χ4n) is 2.06. The third kappa shape index (κ3) is 4.79. The summed E-state index contributed by atoms with van der Waals surface area (Å²) in [5.41, 5.74) is 6.98. The molecule has 24 heavy (non-hydrogen) atoms. The smallest absolute Gasteiger partial charge is 0.255 e. The minimum atomic E-state index is -0.268. The number of nitrogens with two attached hydrogens (primary N) is 1. The van der Waals surface area contributed by atoms with E-state index in [1.54, 1.807) is 42.7 Å². The number of hydrogen-bond donors (Lipinski definition) is 3. The Balaban J connectivity index is 2.08. The van der Waals surface area contributed by atoms with Gasteiger partial charge < -0.3 is 21.1 Å². The normalized spacial score (nSPS) is 10.1. The number of aromatic nitrogens is 1. The number of rotatable bonds is 7. The molecule has 4 N–H and O–H groups in total. The molecule has 0 atom stereocenters. The van der Waals surface area contributed by atoms with Crippen molar-refractivity contribution in [3.63, 3.8) is 0 Å². The zero-order valence-electron chi connectivity index (χ0n) is 13.4. The Labute approximate surface area is 140 Å². The predicted octanol–water partition coefficient (Wildman–Crippen LogP) is 2.02. The molecule has 0 fully saturated rings. The summed E-state index contributed by atoms with van der Waals surface area (Å²) < 4.78 is 5.29. The number of anilines is 2. The van der Waals surface area contributed by atoms with Crippen molar-refractivity contribution in [2.45, 2.75) is 12.8 Å². The van der Waals surface area contributed by atoms with Crippen LogP contribution in [0.4, 0.5) is 11.4 Å². The Bertz CT molecular complexity index is 704. The predicted molar refractivity (Wildman–Crippen MR) is 92.1 cm³/mol. The van der Waals surface area contributed by atoms with E-state index in [1.165, 1.54) is 7.11 Å². The lowest BCUT2D eigenvalue weighted by molar-refractivity contribution is -0.116. The zero-order chi connectivity index (χ0) is 17.4. The Kier molecular flexibility index (Phi) is 6.27. The van der Waals surface area contributed by atoms with E-state index < -0.39 is 0 Å². The molecule has 0 radical (unpaired) electrons. The summed E-state index contributed by atoms with van der Waals surface area (Å²) in [5, 5.41) is 5.54. The third-order valence-electron chi connectivity index (χ3n) is 3.28. The van der Waals surface area contributed by atoms with Gasteiger partial charge in [0, 0.05) is 36.1 Å². The fourth-order valence-corrected chi connectivity index (χ4v) is 2.06. The van der Waals surface area contributed by atoms with Gasteiger partial charge in [0.2, 0.25) is 5.91 Å². The van der Waals surface area contributed by atoms with Gasteiger partial charge in [-0.1, -0.05) is 0 Å². The van der Waals surface area contributed by atoms with Gasteiger partial charge in [0.15, 0.2) is 0 Å². The Morgan fingerprint density at radius 1 is 1.17 bits per heavy atom. The van der Waals surface area contributed by atoms with E-state index in [4.69, 9.17) is 10.5 Å². The highest BCUT2D eigenvalue weighted by atomic mass is 16.5. The second-order valence-electron chi connectivity index (χ2n) is 5.05. The number of hydrogen-bond acceptors (Lipinski definition) is 5. The molecular formula is C17H20N4O3. The highest BCUT2D eigenvalue weighted by molar-refractivity contribution is 6.05. The van der Waals surface area contributed by atoms with Gasteiger partial charge in [-0.05, 0) is 37.2 Å². The number of benzene rings is 1. The first-order valence-corrected chi connectivity index (χ1v) is 7.53. The van der Waals surface area contributed by atoms with Gasteiger partial charge in [0.05, 0.1) is 12.8 Å². The molecule has 2 amide bonds. The zero-order valence-corrected chi connectivity index (χ0v) is 13.4. The van der Waals surface area contributed by atoms with Crippen LogP contribution >= 0.6 is 0 Å². The van der Waals surface area contributed by atoms with Crippen molar-refractivity contribution in [1.29, 1.82) is 0 Å². The second kappa shape index (κ2) is 8.64. The molecule has 0 aliphatic rings. The average Bonchev–Trinajstić information content (AvgIpc) is 2.61. The van der Waals surface area contributed by atoms with E-state index in [9.17, 15) is 9.59 Å². The van der Waals surface area contributed by atoms with E-state index in [0.29, 0.717) is 42.1 Å². The molecule has 0 aliphatic heterocycles. The van der Waals surface area contributed by atoms with Gasteiger partial charge in [0.1, 0.15) is 5.75 Å². The van der Waals surface area contributed by atoms with Crippen molar-refractivity contribution < 1.29 is 14.3 Å². The molecule has 0 spiro atoms. The van der Waals surface area contributed by atoms with Crippen molar-refractivity contribution >= 4 is 23.2 Å². The van der Waals surface area contributed by atoms with Crippen LogP contribution in [0.15, 0.2) is 42.7 Å². The molecule has 0 bridgehead atoms. The number of amides is 2. The summed E-state index contributed by atoms with van der Waals surface area (Å²) in [4.78, 5) is 27.8. The molecular weight excluding hydrogens is 308 g/mol. The summed E-state index contributed by atoms with van der Waals surface area (Å²) in [6.07, 6.45) is 4.08. The second-order valence-corrected chi connectivity index (χ2v) is 5.05. The quantitative estimate of drug-likeness (QED) is 0.721. The summed E-state index contributed by atoms with van der Waals surface area (Å²) in [5.74, 6) is 0.0699. The molecule has 126 valence electrons. The largest absolute Gasteiger partial charge is 0.494 e. The molecule has 2 aromatic rings. The van der Waals surface area contributed by atoms with E-state index in [-0.39, 0.29) is 11.8 Å². The monoisotopic (exact) mass is 328 g/mol. The molecule has 7 heteroatoms. The summed E-state index contributed by atoms with van der Waals surface area (Å²) in [6, 6.07) is 8.27. The van der Waals surface area contributed by atoms with E-state index in [0.717, 1.165) is 0 Å². The van der Waals surface area contributed by atoms with Crippen molar-refractivity contribution in [1.82, 2.24) is 4.98 Å². The lowest BCUT2D eigenvalue weighted by Gasteiger charge is -2.12. The Morgan fingerprint density at radius 2 is 1.92 bits per heavy atom. The number of ether oxygens (including phenoxy) is 1. The SMILES string of the molecule is COc1cc(NC(=O)CCCN)ccc1NC(=O)c1ccncc1. The summed E-state index contributed by atoms with van der Waals surface area (Å²) in [7, 11) is 1.50. The van der Waals surface area contributed by atoms with Crippen molar-refractivity contribution in [3.05, 3.63) is 48.3 Å². The maximum Gasteiger partial charge on any atom is 0.255 e. The molecule has 0 saturated carbocycles. The van der Waals surface area contributed by atoms with Crippen LogP contribution in [0, 0.1) is 0 Å². The Morgan fingerprint density at radius 3 is 2.58 bits per heavy atom. The third-order valence-corrected chi connectivity index (χ3v) is 3.28. The van der Waals surface area contributed by atoms with Crippen LogP contribution < -0.4 is 21.1 Å². The summed E-state index contributed by atoms with van der Waals surface area (Å²) >= 11 is 0.